The van der Waals surface area contributed by atoms with Gasteiger partial charge >= 0.3 is 6.18 Å². The van der Waals surface area contributed by atoms with Crippen molar-refractivity contribution >= 4 is 15.6 Å². The average Bonchev–Trinajstić information content (AvgIpc) is 2.67. The second-order valence-corrected chi connectivity index (χ2v) is 6.89. The number of carbonyl (C=O) groups is 1. The Morgan fingerprint density at radius 1 is 1.25 bits per heavy atom. The predicted octanol–water partition coefficient (Wildman–Crippen LogP) is 2.46. The minimum Gasteiger partial charge on any atom is -0.294 e. The van der Waals surface area contributed by atoms with Crippen LogP contribution in [-0.4, -0.2) is 25.7 Å². The van der Waals surface area contributed by atoms with Gasteiger partial charge in [0.15, 0.2) is 15.6 Å². The van der Waals surface area contributed by atoms with Crippen molar-refractivity contribution in [1.82, 2.24) is 0 Å². The SMILES string of the molecule is O=C(c1ccc(C(F)(F)F)c(F)c1)C1CCS(=O)(=O)C1. The van der Waals surface area contributed by atoms with Gasteiger partial charge in [0.25, 0.3) is 0 Å². The first kappa shape index (κ1) is 15.0. The van der Waals surface area contributed by atoms with Crippen molar-refractivity contribution in [3.05, 3.63) is 35.1 Å². The molecule has 1 aromatic carbocycles. The maximum absolute atomic E-state index is 13.4. The van der Waals surface area contributed by atoms with Gasteiger partial charge in [0.1, 0.15) is 5.82 Å². The van der Waals surface area contributed by atoms with Crippen molar-refractivity contribution < 1.29 is 30.8 Å². The number of Topliss-reactive ketones (excluding diaryl/α,β-unsaturated/α-hetero) is 1. The van der Waals surface area contributed by atoms with Crippen LogP contribution in [0.5, 0.6) is 0 Å². The number of carbonyl (C=O) groups excluding carboxylic acids is 1. The molecule has 0 bridgehead atoms. The van der Waals surface area contributed by atoms with Crippen LogP contribution in [0.15, 0.2) is 18.2 Å². The second-order valence-electron chi connectivity index (χ2n) is 4.66. The number of rotatable bonds is 2. The lowest BCUT2D eigenvalue weighted by Gasteiger charge is -2.10. The summed E-state index contributed by atoms with van der Waals surface area (Å²) in [6, 6.07) is 1.88. The number of halogens is 4. The molecule has 0 spiro atoms. The monoisotopic (exact) mass is 310 g/mol. The maximum Gasteiger partial charge on any atom is 0.419 e. The van der Waals surface area contributed by atoms with Gasteiger partial charge in [-0.1, -0.05) is 6.07 Å². The third-order valence-electron chi connectivity index (χ3n) is 3.16. The molecule has 1 unspecified atom stereocenters. The molecule has 3 nitrogen and oxygen atoms in total. The molecular formula is C12H10F4O3S. The Kier molecular flexibility index (Phi) is 3.62. The van der Waals surface area contributed by atoms with E-state index in [1.807, 2.05) is 0 Å². The lowest BCUT2D eigenvalue weighted by atomic mass is 9.96. The zero-order valence-electron chi connectivity index (χ0n) is 10.1. The lowest BCUT2D eigenvalue weighted by Crippen LogP contribution is -2.17. The predicted molar refractivity (Wildman–Crippen MR) is 62.5 cm³/mol. The molecule has 2 rings (SSSR count). The Labute approximate surface area is 112 Å². The Balaban J connectivity index is 2.27. The zero-order chi connectivity index (χ0) is 15.1. The van der Waals surface area contributed by atoms with Crippen LogP contribution in [0.4, 0.5) is 17.6 Å². The molecular weight excluding hydrogens is 300 g/mol. The van der Waals surface area contributed by atoms with Crippen LogP contribution in [0.2, 0.25) is 0 Å². The van der Waals surface area contributed by atoms with Crippen molar-refractivity contribution in [3.8, 4) is 0 Å². The van der Waals surface area contributed by atoms with Crippen LogP contribution in [0, 0.1) is 11.7 Å². The number of hydrogen-bond donors (Lipinski definition) is 0. The van der Waals surface area contributed by atoms with Gasteiger partial charge in [0, 0.05) is 11.5 Å². The van der Waals surface area contributed by atoms with E-state index >= 15 is 0 Å². The first-order chi connectivity index (χ1) is 9.10. The van der Waals surface area contributed by atoms with Crippen molar-refractivity contribution in [2.75, 3.05) is 11.5 Å². The van der Waals surface area contributed by atoms with Crippen LogP contribution in [0.3, 0.4) is 0 Å². The highest BCUT2D eigenvalue weighted by atomic mass is 32.2. The van der Waals surface area contributed by atoms with Gasteiger partial charge in [-0.05, 0) is 18.6 Å². The van der Waals surface area contributed by atoms with Crippen molar-refractivity contribution in [1.29, 1.82) is 0 Å². The molecule has 1 aliphatic heterocycles. The first-order valence-corrected chi connectivity index (χ1v) is 7.54. The third-order valence-corrected chi connectivity index (χ3v) is 4.93. The quantitative estimate of drug-likeness (QED) is 0.623. The number of hydrogen-bond acceptors (Lipinski definition) is 3. The zero-order valence-corrected chi connectivity index (χ0v) is 10.9. The fourth-order valence-electron chi connectivity index (χ4n) is 2.14. The summed E-state index contributed by atoms with van der Waals surface area (Å²) in [5, 5.41) is 0. The molecule has 8 heteroatoms. The smallest absolute Gasteiger partial charge is 0.294 e. The van der Waals surface area contributed by atoms with Crippen molar-refractivity contribution in [3.63, 3.8) is 0 Å². The molecule has 1 aliphatic rings. The molecule has 1 aromatic rings. The largest absolute Gasteiger partial charge is 0.419 e. The molecule has 0 radical (unpaired) electrons. The topological polar surface area (TPSA) is 51.2 Å². The van der Waals surface area contributed by atoms with Gasteiger partial charge in [-0.2, -0.15) is 13.2 Å². The van der Waals surface area contributed by atoms with E-state index in [1.165, 1.54) is 0 Å². The van der Waals surface area contributed by atoms with Crippen LogP contribution < -0.4 is 0 Å². The van der Waals surface area contributed by atoms with E-state index in [9.17, 15) is 30.8 Å². The summed E-state index contributed by atoms with van der Waals surface area (Å²) in [5.74, 6) is -3.46. The summed E-state index contributed by atoms with van der Waals surface area (Å²) in [7, 11) is -3.28. The van der Waals surface area contributed by atoms with Gasteiger partial charge in [-0.3, -0.25) is 4.79 Å². The van der Waals surface area contributed by atoms with E-state index < -0.39 is 39.1 Å². The van der Waals surface area contributed by atoms with Gasteiger partial charge in [-0.25, -0.2) is 12.8 Å². The van der Waals surface area contributed by atoms with E-state index in [1.54, 1.807) is 0 Å². The molecule has 0 aliphatic carbocycles. The minimum absolute atomic E-state index is 0.115. The van der Waals surface area contributed by atoms with Gasteiger partial charge in [0.2, 0.25) is 0 Å². The fraction of sp³-hybridized carbons (Fsp3) is 0.417. The van der Waals surface area contributed by atoms with Gasteiger partial charge in [0.05, 0.1) is 17.1 Å². The number of alkyl halides is 3. The normalized spacial score (nSPS) is 21.9. The molecule has 1 atom stereocenters. The molecule has 0 amide bonds. The molecule has 0 aromatic heterocycles. The minimum atomic E-state index is -4.83. The number of ketones is 1. The van der Waals surface area contributed by atoms with Gasteiger partial charge in [-0.15, -0.1) is 0 Å². The molecule has 0 saturated carbocycles. The first-order valence-electron chi connectivity index (χ1n) is 5.71. The molecule has 1 saturated heterocycles. The molecule has 1 fully saturated rings. The molecule has 0 N–H and O–H groups in total. The fourth-order valence-corrected chi connectivity index (χ4v) is 3.88. The van der Waals surface area contributed by atoms with Crippen LogP contribution in [-0.2, 0) is 16.0 Å². The van der Waals surface area contributed by atoms with E-state index in [-0.39, 0.29) is 23.5 Å². The summed E-state index contributed by atoms with van der Waals surface area (Å²) < 4.78 is 73.0. The van der Waals surface area contributed by atoms with Gasteiger partial charge < -0.3 is 0 Å². The lowest BCUT2D eigenvalue weighted by molar-refractivity contribution is -0.140. The Hall–Kier alpha value is -1.44. The summed E-state index contributed by atoms with van der Waals surface area (Å²) in [6.07, 6.45) is -4.72. The van der Waals surface area contributed by atoms with Crippen LogP contribution in [0.25, 0.3) is 0 Å². The van der Waals surface area contributed by atoms with Crippen LogP contribution >= 0.6 is 0 Å². The second kappa shape index (κ2) is 4.83. The Morgan fingerprint density at radius 2 is 1.90 bits per heavy atom. The third kappa shape index (κ3) is 3.00. The Bertz CT molecular complexity index is 649. The van der Waals surface area contributed by atoms with E-state index in [0.29, 0.717) is 12.1 Å². The highest BCUT2D eigenvalue weighted by Gasteiger charge is 2.36. The average molecular weight is 310 g/mol. The summed E-state index contributed by atoms with van der Waals surface area (Å²) in [4.78, 5) is 11.9. The highest BCUT2D eigenvalue weighted by molar-refractivity contribution is 7.91. The van der Waals surface area contributed by atoms with E-state index in [2.05, 4.69) is 0 Å². The summed E-state index contributed by atoms with van der Waals surface area (Å²) >= 11 is 0. The molecule has 20 heavy (non-hydrogen) atoms. The number of benzene rings is 1. The summed E-state index contributed by atoms with van der Waals surface area (Å²) in [6.45, 7) is 0. The number of sulfone groups is 1. The van der Waals surface area contributed by atoms with Crippen LogP contribution in [0.1, 0.15) is 22.3 Å². The molecule has 110 valence electrons. The van der Waals surface area contributed by atoms with E-state index in [4.69, 9.17) is 0 Å². The molecule has 1 heterocycles. The highest BCUT2D eigenvalue weighted by Crippen LogP contribution is 2.32. The van der Waals surface area contributed by atoms with Crippen molar-refractivity contribution in [2.24, 2.45) is 5.92 Å². The standard InChI is InChI=1S/C12H10F4O3S/c13-10-5-7(1-2-9(10)12(14,15)16)11(17)8-3-4-20(18,19)6-8/h1-2,5,8H,3-4,6H2. The Morgan fingerprint density at radius 3 is 2.35 bits per heavy atom. The van der Waals surface area contributed by atoms with Crippen molar-refractivity contribution in [2.45, 2.75) is 12.6 Å². The van der Waals surface area contributed by atoms with E-state index in [0.717, 1.165) is 6.07 Å². The maximum atomic E-state index is 13.4. The summed E-state index contributed by atoms with van der Waals surface area (Å²) in [5.41, 5.74) is -1.69.